The van der Waals surface area contributed by atoms with Gasteiger partial charge in [0.15, 0.2) is 5.78 Å². The van der Waals surface area contributed by atoms with Crippen molar-refractivity contribution in [2.75, 3.05) is 13.7 Å². The monoisotopic (exact) mass is 499 g/mol. The van der Waals surface area contributed by atoms with Crippen LogP contribution in [0, 0.1) is 28.6 Å². The molecule has 4 aliphatic carbocycles. The highest BCUT2D eigenvalue weighted by molar-refractivity contribution is 5.91. The summed E-state index contributed by atoms with van der Waals surface area (Å²) in [5.41, 5.74) is 1.50. The zero-order chi connectivity index (χ0) is 25.7. The molecule has 1 heterocycles. The Morgan fingerprint density at radius 1 is 1.00 bits per heavy atom. The van der Waals surface area contributed by atoms with Gasteiger partial charge in [-0.15, -0.1) is 0 Å². The first-order chi connectivity index (χ1) is 17.2. The molecule has 0 aromatic heterocycles. The summed E-state index contributed by atoms with van der Waals surface area (Å²) in [6.07, 6.45) is 11.3. The molecule has 2 unspecified atom stereocenters. The predicted octanol–water partition coefficient (Wildman–Crippen LogP) is 4.37. The molecular formula is C29H41NO6. The molecule has 3 saturated carbocycles. The second-order valence-corrected chi connectivity index (χ2v) is 12.3. The van der Waals surface area contributed by atoms with Crippen molar-refractivity contribution in [3.05, 3.63) is 11.6 Å². The first-order valence-electron chi connectivity index (χ1n) is 14.0. The fraction of sp³-hybridized carbons (Fsp3) is 0.793. The number of methoxy groups -OCH3 is 1. The van der Waals surface area contributed by atoms with E-state index in [0.29, 0.717) is 42.9 Å². The van der Waals surface area contributed by atoms with Gasteiger partial charge in [-0.3, -0.25) is 14.4 Å². The summed E-state index contributed by atoms with van der Waals surface area (Å²) in [7, 11) is 1.34. The van der Waals surface area contributed by atoms with Crippen LogP contribution in [0.2, 0.25) is 0 Å². The summed E-state index contributed by atoms with van der Waals surface area (Å²) in [4.78, 5) is 51.1. The summed E-state index contributed by atoms with van der Waals surface area (Å²) in [5.74, 6) is 1.19. The SMILES string of the molecule is COC(=O)C1CCCN1C(=O)CCC(=O)OC1CC[C@H]2[C@@H]3CCC4=CC(=O)CC[C@]4(C)[C@H]3CC[C@]12C. The predicted molar refractivity (Wildman–Crippen MR) is 133 cm³/mol. The topological polar surface area (TPSA) is 90.0 Å². The van der Waals surface area contributed by atoms with Crippen molar-refractivity contribution in [2.24, 2.45) is 28.6 Å². The minimum Gasteiger partial charge on any atom is -0.467 e. The van der Waals surface area contributed by atoms with Crippen molar-refractivity contribution in [1.29, 1.82) is 0 Å². The van der Waals surface area contributed by atoms with Gasteiger partial charge in [-0.2, -0.15) is 0 Å². The van der Waals surface area contributed by atoms with Gasteiger partial charge in [-0.25, -0.2) is 4.79 Å². The van der Waals surface area contributed by atoms with Crippen LogP contribution in [0.25, 0.3) is 0 Å². The lowest BCUT2D eigenvalue weighted by Gasteiger charge is -2.57. The van der Waals surface area contributed by atoms with Crippen LogP contribution in [0.5, 0.6) is 0 Å². The molecule has 0 radical (unpaired) electrons. The second-order valence-electron chi connectivity index (χ2n) is 12.3. The number of amides is 1. The van der Waals surface area contributed by atoms with Crippen LogP contribution < -0.4 is 0 Å². The molecule has 5 aliphatic rings. The summed E-state index contributed by atoms with van der Waals surface area (Å²) in [5, 5.41) is 0. The Morgan fingerprint density at radius 3 is 2.58 bits per heavy atom. The fourth-order valence-corrected chi connectivity index (χ4v) is 8.72. The Bertz CT molecular complexity index is 973. The first-order valence-corrected chi connectivity index (χ1v) is 14.0. The van der Waals surface area contributed by atoms with Gasteiger partial charge in [0.05, 0.1) is 13.5 Å². The highest BCUT2D eigenvalue weighted by Crippen LogP contribution is 2.65. The molecule has 1 saturated heterocycles. The van der Waals surface area contributed by atoms with Crippen molar-refractivity contribution in [3.63, 3.8) is 0 Å². The van der Waals surface area contributed by atoms with Gasteiger partial charge in [0.25, 0.3) is 0 Å². The third-order valence-corrected chi connectivity index (χ3v) is 10.7. The number of hydrogen-bond donors (Lipinski definition) is 0. The van der Waals surface area contributed by atoms with Gasteiger partial charge in [-0.1, -0.05) is 19.4 Å². The Morgan fingerprint density at radius 2 is 1.81 bits per heavy atom. The zero-order valence-electron chi connectivity index (χ0n) is 22.1. The van der Waals surface area contributed by atoms with Gasteiger partial charge >= 0.3 is 11.9 Å². The lowest BCUT2D eigenvalue weighted by molar-refractivity contribution is -0.161. The number of carbonyl (C=O) groups is 4. The summed E-state index contributed by atoms with van der Waals surface area (Å²) in [6, 6.07) is -0.529. The minimum absolute atomic E-state index is 0.0200. The third kappa shape index (κ3) is 4.20. The van der Waals surface area contributed by atoms with Crippen molar-refractivity contribution >= 4 is 23.6 Å². The molecule has 0 aromatic rings. The molecular weight excluding hydrogens is 458 g/mol. The van der Waals surface area contributed by atoms with Crippen LogP contribution in [0.1, 0.15) is 90.9 Å². The maximum Gasteiger partial charge on any atom is 0.328 e. The maximum absolute atomic E-state index is 12.8. The number of ether oxygens (including phenoxy) is 2. The molecule has 1 amide bonds. The number of ketones is 1. The number of esters is 2. The maximum atomic E-state index is 12.8. The minimum atomic E-state index is -0.529. The third-order valence-electron chi connectivity index (χ3n) is 10.7. The number of fused-ring (bicyclic) bond motifs is 5. The normalized spacial score (nSPS) is 39.5. The van der Waals surface area contributed by atoms with Crippen LogP contribution in [0.3, 0.4) is 0 Å². The van der Waals surface area contributed by atoms with Crippen molar-refractivity contribution in [3.8, 4) is 0 Å². The second kappa shape index (κ2) is 9.60. The summed E-state index contributed by atoms with van der Waals surface area (Å²) in [6.45, 7) is 5.23. The lowest BCUT2D eigenvalue weighted by atomic mass is 9.47. The molecule has 198 valence electrons. The molecule has 7 heteroatoms. The van der Waals surface area contributed by atoms with Gasteiger partial charge in [0.1, 0.15) is 12.1 Å². The molecule has 0 N–H and O–H groups in total. The Hall–Kier alpha value is -2.18. The first kappa shape index (κ1) is 25.5. The quantitative estimate of drug-likeness (QED) is 0.522. The zero-order valence-corrected chi connectivity index (χ0v) is 22.1. The van der Waals surface area contributed by atoms with E-state index >= 15 is 0 Å². The average Bonchev–Trinajstić information content (AvgIpc) is 3.47. The van der Waals surface area contributed by atoms with Crippen molar-refractivity contribution < 1.29 is 28.7 Å². The highest BCUT2D eigenvalue weighted by atomic mass is 16.5. The molecule has 5 rings (SSSR count). The molecule has 1 aliphatic heterocycles. The van der Waals surface area contributed by atoms with Crippen molar-refractivity contribution in [1.82, 2.24) is 4.90 Å². The van der Waals surface area contributed by atoms with E-state index in [4.69, 9.17) is 9.47 Å². The van der Waals surface area contributed by atoms with E-state index in [2.05, 4.69) is 13.8 Å². The summed E-state index contributed by atoms with van der Waals surface area (Å²) >= 11 is 0. The Balaban J connectivity index is 1.19. The molecule has 36 heavy (non-hydrogen) atoms. The van der Waals surface area contributed by atoms with Gasteiger partial charge in [0.2, 0.25) is 5.91 Å². The van der Waals surface area contributed by atoms with Gasteiger partial charge < -0.3 is 14.4 Å². The van der Waals surface area contributed by atoms with Crippen LogP contribution in [0.4, 0.5) is 0 Å². The average molecular weight is 500 g/mol. The van der Waals surface area contributed by atoms with E-state index in [1.165, 1.54) is 12.7 Å². The molecule has 7 atom stereocenters. The number of allylic oxidation sites excluding steroid dienone is 1. The van der Waals surface area contributed by atoms with E-state index in [0.717, 1.165) is 51.4 Å². The van der Waals surface area contributed by atoms with E-state index in [-0.39, 0.29) is 47.6 Å². The standard InChI is InChI=1S/C29H41NO6/c1-28-14-12-19(31)17-18(28)6-7-20-21-8-9-24(29(21,2)15-13-22(20)28)36-26(33)11-10-25(32)30-16-4-5-23(30)27(34)35-3/h17,20-24H,4-16H2,1-3H3/t20-,21-,22-,23?,24?,28-,29-/m0/s1. The van der Waals surface area contributed by atoms with Crippen LogP contribution in [0.15, 0.2) is 11.6 Å². The highest BCUT2D eigenvalue weighted by Gasteiger charge is 2.60. The Labute approximate surface area is 214 Å². The van der Waals surface area contributed by atoms with Gasteiger partial charge in [-0.05, 0) is 87.0 Å². The smallest absolute Gasteiger partial charge is 0.328 e. The largest absolute Gasteiger partial charge is 0.467 e. The number of likely N-dealkylation sites (tertiary alicyclic amines) is 1. The van der Waals surface area contributed by atoms with Crippen LogP contribution >= 0.6 is 0 Å². The molecule has 7 nitrogen and oxygen atoms in total. The van der Waals surface area contributed by atoms with E-state index in [9.17, 15) is 19.2 Å². The number of nitrogens with zero attached hydrogens (tertiary/aromatic N) is 1. The Kier molecular flexibility index (Phi) is 6.80. The van der Waals surface area contributed by atoms with Gasteiger partial charge in [0, 0.05) is 24.8 Å². The summed E-state index contributed by atoms with van der Waals surface area (Å²) < 4.78 is 10.9. The number of carbonyl (C=O) groups excluding carboxylic acids is 4. The molecule has 4 fully saturated rings. The van der Waals surface area contributed by atoms with Crippen LogP contribution in [-0.4, -0.2) is 54.3 Å². The molecule has 0 aromatic carbocycles. The number of rotatable bonds is 5. The molecule has 0 spiro atoms. The molecule has 0 bridgehead atoms. The van der Waals surface area contributed by atoms with E-state index in [1.54, 1.807) is 4.90 Å². The number of hydrogen-bond acceptors (Lipinski definition) is 6. The lowest BCUT2D eigenvalue weighted by Crippen LogP contribution is -2.51. The van der Waals surface area contributed by atoms with E-state index < -0.39 is 6.04 Å². The van der Waals surface area contributed by atoms with Crippen LogP contribution in [-0.2, 0) is 28.7 Å². The fourth-order valence-electron chi connectivity index (χ4n) is 8.72. The van der Waals surface area contributed by atoms with E-state index in [1.807, 2.05) is 6.08 Å². The van der Waals surface area contributed by atoms with Crippen molar-refractivity contribution in [2.45, 2.75) is 103 Å².